The fraction of sp³-hybridized carbons (Fsp3) is 0.500. The Hall–Kier alpha value is -1.22. The molecule has 5 N–H and O–H groups in total. The Balaban J connectivity index is 3.24. The third-order valence-corrected chi connectivity index (χ3v) is 4.76. The second kappa shape index (κ2) is 6.04. The third-order valence-electron chi connectivity index (χ3n) is 3.20. The summed E-state index contributed by atoms with van der Waals surface area (Å²) < 4.78 is 40.1. The van der Waals surface area contributed by atoms with Crippen molar-refractivity contribution in [2.75, 3.05) is 18.9 Å². The fourth-order valence-corrected chi connectivity index (χ4v) is 3.25. The molecule has 6 nitrogen and oxygen atoms in total. The van der Waals surface area contributed by atoms with Crippen LogP contribution < -0.4 is 10.5 Å². The SMILES string of the molecule is CCC(CO)(CO)NS(=O)(=O)c1cc(C)c(F)c(N)c1. The molecule has 0 heterocycles. The molecule has 114 valence electrons. The average Bonchev–Trinajstić information content (AvgIpc) is 2.41. The number of rotatable bonds is 6. The molecule has 8 heteroatoms. The summed E-state index contributed by atoms with van der Waals surface area (Å²) in [6.45, 7) is 1.90. The van der Waals surface area contributed by atoms with Gasteiger partial charge in [-0.1, -0.05) is 6.92 Å². The van der Waals surface area contributed by atoms with Crippen molar-refractivity contribution in [2.45, 2.75) is 30.7 Å². The number of nitrogens with two attached hydrogens (primary N) is 1. The lowest BCUT2D eigenvalue weighted by Crippen LogP contribution is -2.53. The van der Waals surface area contributed by atoms with Gasteiger partial charge in [-0.15, -0.1) is 0 Å². The van der Waals surface area contributed by atoms with E-state index in [-0.39, 0.29) is 22.6 Å². The highest BCUT2D eigenvalue weighted by molar-refractivity contribution is 7.89. The smallest absolute Gasteiger partial charge is 0.241 e. The van der Waals surface area contributed by atoms with Crippen LogP contribution >= 0.6 is 0 Å². The number of nitrogens with one attached hydrogen (secondary N) is 1. The topological polar surface area (TPSA) is 113 Å². The number of halogens is 1. The normalized spacial score (nSPS) is 12.7. The Morgan fingerprint density at radius 3 is 2.30 bits per heavy atom. The molecule has 0 fully saturated rings. The number of aliphatic hydroxyl groups excluding tert-OH is 2. The van der Waals surface area contributed by atoms with Gasteiger partial charge in [0.2, 0.25) is 10.0 Å². The molecule has 1 aromatic carbocycles. The lowest BCUT2D eigenvalue weighted by Gasteiger charge is -2.29. The van der Waals surface area contributed by atoms with Crippen molar-refractivity contribution < 1.29 is 23.0 Å². The predicted octanol–water partition coefficient (Wildman–Crippen LogP) is 0.128. The first-order chi connectivity index (χ1) is 9.21. The van der Waals surface area contributed by atoms with E-state index in [1.54, 1.807) is 6.92 Å². The maximum absolute atomic E-state index is 13.4. The van der Waals surface area contributed by atoms with E-state index in [0.29, 0.717) is 0 Å². The Morgan fingerprint density at radius 2 is 1.90 bits per heavy atom. The number of hydrogen-bond acceptors (Lipinski definition) is 5. The predicted molar refractivity (Wildman–Crippen MR) is 73.1 cm³/mol. The molecule has 0 aliphatic rings. The average molecular weight is 306 g/mol. The molecular formula is C12H19FN2O4S. The highest BCUT2D eigenvalue weighted by Gasteiger charge is 2.33. The van der Waals surface area contributed by atoms with Gasteiger partial charge >= 0.3 is 0 Å². The van der Waals surface area contributed by atoms with Crippen LogP contribution in [-0.4, -0.2) is 37.4 Å². The fourth-order valence-electron chi connectivity index (χ4n) is 1.67. The maximum Gasteiger partial charge on any atom is 0.241 e. The lowest BCUT2D eigenvalue weighted by molar-refractivity contribution is 0.105. The zero-order valence-electron chi connectivity index (χ0n) is 11.4. The molecule has 20 heavy (non-hydrogen) atoms. The molecule has 1 aromatic rings. The molecule has 0 aliphatic carbocycles. The minimum absolute atomic E-state index is 0.0977. The van der Waals surface area contributed by atoms with Crippen LogP contribution in [0.3, 0.4) is 0 Å². The summed E-state index contributed by atoms with van der Waals surface area (Å²) >= 11 is 0. The minimum atomic E-state index is -4.03. The van der Waals surface area contributed by atoms with E-state index < -0.39 is 34.6 Å². The Labute approximate surface area is 117 Å². The van der Waals surface area contributed by atoms with Crippen LogP contribution in [0.25, 0.3) is 0 Å². The number of benzene rings is 1. The molecule has 0 spiro atoms. The van der Waals surface area contributed by atoms with Crippen LogP contribution in [0.15, 0.2) is 17.0 Å². The number of aliphatic hydroxyl groups is 2. The number of sulfonamides is 1. The molecule has 0 aliphatic heterocycles. The maximum atomic E-state index is 13.4. The van der Waals surface area contributed by atoms with Gasteiger partial charge < -0.3 is 15.9 Å². The Kier molecular flexibility index (Phi) is 5.09. The van der Waals surface area contributed by atoms with Gasteiger partial charge in [0.1, 0.15) is 5.82 Å². The number of aryl methyl sites for hydroxylation is 1. The quantitative estimate of drug-likeness (QED) is 0.558. The van der Waals surface area contributed by atoms with E-state index in [9.17, 15) is 23.0 Å². The highest BCUT2D eigenvalue weighted by Crippen LogP contribution is 2.22. The van der Waals surface area contributed by atoms with Gasteiger partial charge in [-0.3, -0.25) is 0 Å². The van der Waals surface area contributed by atoms with Gasteiger partial charge in [-0.25, -0.2) is 17.5 Å². The molecule has 0 radical (unpaired) electrons. The highest BCUT2D eigenvalue weighted by atomic mass is 32.2. The van der Waals surface area contributed by atoms with Gasteiger partial charge in [-0.2, -0.15) is 0 Å². The Bertz CT molecular complexity index is 554. The van der Waals surface area contributed by atoms with Gasteiger partial charge in [0.15, 0.2) is 0 Å². The summed E-state index contributed by atoms with van der Waals surface area (Å²) in [7, 11) is -4.03. The molecular weight excluding hydrogens is 287 g/mol. The largest absolute Gasteiger partial charge is 0.396 e. The molecule has 0 bridgehead atoms. The van der Waals surface area contributed by atoms with E-state index >= 15 is 0 Å². The van der Waals surface area contributed by atoms with Crippen LogP contribution in [0.4, 0.5) is 10.1 Å². The lowest BCUT2D eigenvalue weighted by atomic mass is 10.0. The van der Waals surface area contributed by atoms with Gasteiger partial charge in [0, 0.05) is 0 Å². The summed E-state index contributed by atoms with van der Waals surface area (Å²) in [6.07, 6.45) is 0.189. The van der Waals surface area contributed by atoms with E-state index in [2.05, 4.69) is 4.72 Å². The van der Waals surface area contributed by atoms with E-state index in [1.165, 1.54) is 6.92 Å². The first-order valence-electron chi connectivity index (χ1n) is 6.02. The number of hydrogen-bond donors (Lipinski definition) is 4. The van der Waals surface area contributed by atoms with Crippen molar-refractivity contribution in [1.82, 2.24) is 4.72 Å². The molecule has 0 amide bonds. The third kappa shape index (κ3) is 3.26. The summed E-state index contributed by atoms with van der Waals surface area (Å²) in [4.78, 5) is -0.214. The van der Waals surface area contributed by atoms with Gasteiger partial charge in [0.25, 0.3) is 0 Å². The van der Waals surface area contributed by atoms with Crippen LogP contribution in [0.5, 0.6) is 0 Å². The second-order valence-corrected chi connectivity index (χ2v) is 6.38. The molecule has 0 atom stereocenters. The first kappa shape index (κ1) is 16.8. The van der Waals surface area contributed by atoms with E-state index in [1.807, 2.05) is 0 Å². The first-order valence-corrected chi connectivity index (χ1v) is 7.51. The standard InChI is InChI=1S/C12H19FN2O4S/c1-3-12(6-16,7-17)15-20(18,19)9-4-8(2)11(13)10(14)5-9/h4-5,15-17H,3,6-7,14H2,1-2H3. The van der Waals surface area contributed by atoms with E-state index in [4.69, 9.17) is 5.73 Å². The van der Waals surface area contributed by atoms with Crippen molar-refractivity contribution in [3.05, 3.63) is 23.5 Å². The van der Waals surface area contributed by atoms with Crippen molar-refractivity contribution >= 4 is 15.7 Å². The molecule has 0 saturated heterocycles. The van der Waals surface area contributed by atoms with Gasteiger partial charge in [-0.05, 0) is 31.0 Å². The summed E-state index contributed by atoms with van der Waals surface area (Å²) in [5.74, 6) is -0.671. The molecule has 1 rings (SSSR count). The Morgan fingerprint density at radius 1 is 1.35 bits per heavy atom. The second-order valence-electron chi connectivity index (χ2n) is 4.70. The van der Waals surface area contributed by atoms with E-state index in [0.717, 1.165) is 12.1 Å². The zero-order valence-corrected chi connectivity index (χ0v) is 12.2. The molecule has 0 saturated carbocycles. The van der Waals surface area contributed by atoms with Crippen molar-refractivity contribution in [3.63, 3.8) is 0 Å². The van der Waals surface area contributed by atoms with Crippen molar-refractivity contribution in [3.8, 4) is 0 Å². The van der Waals surface area contributed by atoms with Crippen molar-refractivity contribution in [1.29, 1.82) is 0 Å². The molecule has 0 aromatic heterocycles. The number of anilines is 1. The van der Waals surface area contributed by atoms with Crippen LogP contribution in [0, 0.1) is 12.7 Å². The van der Waals surface area contributed by atoms with Crippen LogP contribution in [0.1, 0.15) is 18.9 Å². The monoisotopic (exact) mass is 306 g/mol. The van der Waals surface area contributed by atoms with Crippen LogP contribution in [0.2, 0.25) is 0 Å². The molecule has 0 unspecified atom stereocenters. The van der Waals surface area contributed by atoms with Crippen LogP contribution in [-0.2, 0) is 10.0 Å². The van der Waals surface area contributed by atoms with Crippen molar-refractivity contribution in [2.24, 2.45) is 0 Å². The summed E-state index contributed by atoms with van der Waals surface area (Å²) in [5.41, 5.74) is 3.87. The summed E-state index contributed by atoms with van der Waals surface area (Å²) in [6, 6.07) is 2.14. The minimum Gasteiger partial charge on any atom is -0.396 e. The van der Waals surface area contributed by atoms with Gasteiger partial charge in [0.05, 0.1) is 29.3 Å². The zero-order chi connectivity index (χ0) is 15.6. The number of nitrogen functional groups attached to an aromatic ring is 1. The summed E-state index contributed by atoms with van der Waals surface area (Å²) in [5, 5.41) is 18.5.